The molecule has 1 heterocycles. The van der Waals surface area contributed by atoms with Crippen molar-refractivity contribution in [3.05, 3.63) is 77.2 Å². The van der Waals surface area contributed by atoms with E-state index in [1.165, 1.54) is 24.3 Å². The molecule has 6 nitrogen and oxygen atoms in total. The number of thiophene rings is 1. The number of nitrogens with one attached hydrogen (secondary N) is 1. The standard InChI is InChI=1S/C21H22N2O4S2/c1-2-12-23(15-16-7-4-3-5-8-16)21(25)18-11-10-17(14-19(18)24)22-29(26,27)20-9-6-13-28-20/h3-11,13-14,22,24H,2,12,15H2,1H3. The Morgan fingerprint density at radius 1 is 1.10 bits per heavy atom. The number of rotatable bonds is 8. The summed E-state index contributed by atoms with van der Waals surface area (Å²) >= 11 is 1.10. The van der Waals surface area contributed by atoms with Crippen LogP contribution in [0.4, 0.5) is 5.69 Å². The van der Waals surface area contributed by atoms with Gasteiger partial charge in [0.05, 0.1) is 11.3 Å². The number of carbonyl (C=O) groups is 1. The summed E-state index contributed by atoms with van der Waals surface area (Å²) in [5, 5.41) is 12.1. The molecule has 2 aromatic carbocycles. The second-order valence-electron chi connectivity index (χ2n) is 6.48. The zero-order valence-corrected chi connectivity index (χ0v) is 17.5. The number of anilines is 1. The molecular formula is C21H22N2O4S2. The monoisotopic (exact) mass is 430 g/mol. The summed E-state index contributed by atoms with van der Waals surface area (Å²) in [6.07, 6.45) is 0.776. The Bertz CT molecular complexity index is 1070. The highest BCUT2D eigenvalue weighted by molar-refractivity contribution is 7.94. The van der Waals surface area contributed by atoms with Gasteiger partial charge >= 0.3 is 0 Å². The van der Waals surface area contributed by atoms with Crippen LogP contribution in [0.25, 0.3) is 0 Å². The SMILES string of the molecule is CCCN(Cc1ccccc1)C(=O)c1ccc(NS(=O)(=O)c2cccs2)cc1O. The van der Waals surface area contributed by atoms with Gasteiger partial charge < -0.3 is 10.0 Å². The third-order valence-electron chi connectivity index (χ3n) is 4.24. The van der Waals surface area contributed by atoms with Gasteiger partial charge in [0.15, 0.2) is 0 Å². The molecule has 0 aliphatic heterocycles. The minimum Gasteiger partial charge on any atom is -0.507 e. The zero-order valence-electron chi connectivity index (χ0n) is 15.9. The van der Waals surface area contributed by atoms with Gasteiger partial charge in [-0.2, -0.15) is 0 Å². The Morgan fingerprint density at radius 3 is 2.48 bits per heavy atom. The van der Waals surface area contributed by atoms with Crippen molar-refractivity contribution in [2.75, 3.05) is 11.3 Å². The predicted octanol–water partition coefficient (Wildman–Crippen LogP) is 4.31. The number of hydrogen-bond acceptors (Lipinski definition) is 5. The normalized spacial score (nSPS) is 11.2. The van der Waals surface area contributed by atoms with Crippen LogP contribution < -0.4 is 4.72 Å². The summed E-state index contributed by atoms with van der Waals surface area (Å²) in [6, 6.07) is 16.9. The highest BCUT2D eigenvalue weighted by Crippen LogP contribution is 2.27. The number of amides is 1. The van der Waals surface area contributed by atoms with Gasteiger partial charge in [0.1, 0.15) is 9.96 Å². The highest BCUT2D eigenvalue weighted by atomic mass is 32.2. The average Bonchev–Trinajstić information content (AvgIpc) is 3.24. The molecule has 152 valence electrons. The summed E-state index contributed by atoms with van der Waals surface area (Å²) in [7, 11) is -3.72. The largest absolute Gasteiger partial charge is 0.507 e. The number of sulfonamides is 1. The lowest BCUT2D eigenvalue weighted by Gasteiger charge is -2.23. The highest BCUT2D eigenvalue weighted by Gasteiger charge is 2.21. The fraction of sp³-hybridized carbons (Fsp3) is 0.190. The van der Waals surface area contributed by atoms with Crippen molar-refractivity contribution >= 4 is 33.0 Å². The van der Waals surface area contributed by atoms with E-state index in [1.54, 1.807) is 16.3 Å². The Hall–Kier alpha value is -2.84. The lowest BCUT2D eigenvalue weighted by Crippen LogP contribution is -2.31. The zero-order chi connectivity index (χ0) is 20.9. The molecule has 1 aromatic heterocycles. The first kappa shape index (κ1) is 20.9. The number of hydrogen-bond donors (Lipinski definition) is 2. The van der Waals surface area contributed by atoms with E-state index in [2.05, 4.69) is 4.72 Å². The van der Waals surface area contributed by atoms with Crippen LogP contribution in [0.2, 0.25) is 0 Å². The van der Waals surface area contributed by atoms with Gasteiger partial charge in [-0.25, -0.2) is 8.42 Å². The molecule has 0 spiro atoms. The summed E-state index contributed by atoms with van der Waals surface area (Å²) in [5.41, 5.74) is 1.32. The van der Waals surface area contributed by atoms with Crippen LogP contribution in [-0.4, -0.2) is 30.9 Å². The maximum atomic E-state index is 13.0. The first-order chi connectivity index (χ1) is 13.9. The summed E-state index contributed by atoms with van der Waals surface area (Å²) < 4.78 is 27.3. The van der Waals surface area contributed by atoms with Crippen molar-refractivity contribution in [1.82, 2.24) is 4.90 Å². The van der Waals surface area contributed by atoms with Crippen molar-refractivity contribution in [2.45, 2.75) is 24.1 Å². The Labute approximate surface area is 174 Å². The summed E-state index contributed by atoms with van der Waals surface area (Å²) in [6.45, 7) is 2.95. The number of aromatic hydroxyl groups is 1. The van der Waals surface area contributed by atoms with Crippen LogP contribution in [0.5, 0.6) is 5.75 Å². The number of carbonyl (C=O) groups excluding carboxylic acids is 1. The molecule has 0 saturated carbocycles. The molecule has 0 aliphatic rings. The first-order valence-corrected chi connectivity index (χ1v) is 11.5. The topological polar surface area (TPSA) is 86.7 Å². The third kappa shape index (κ3) is 5.16. The lowest BCUT2D eigenvalue weighted by atomic mass is 10.1. The molecule has 29 heavy (non-hydrogen) atoms. The molecule has 0 saturated heterocycles. The quantitative estimate of drug-likeness (QED) is 0.558. The van der Waals surface area contributed by atoms with Gasteiger partial charge in [0.2, 0.25) is 0 Å². The van der Waals surface area contributed by atoms with E-state index >= 15 is 0 Å². The Balaban J connectivity index is 1.80. The minimum absolute atomic E-state index is 0.133. The Kier molecular flexibility index (Phi) is 6.56. The molecule has 0 radical (unpaired) electrons. The van der Waals surface area contributed by atoms with E-state index in [-0.39, 0.29) is 27.1 Å². The van der Waals surface area contributed by atoms with E-state index in [4.69, 9.17) is 0 Å². The van der Waals surface area contributed by atoms with Crippen LogP contribution in [0.1, 0.15) is 29.3 Å². The van der Waals surface area contributed by atoms with Gasteiger partial charge in [0, 0.05) is 19.2 Å². The van der Waals surface area contributed by atoms with Crippen LogP contribution in [0, 0.1) is 0 Å². The maximum Gasteiger partial charge on any atom is 0.271 e. The smallest absolute Gasteiger partial charge is 0.271 e. The van der Waals surface area contributed by atoms with Crippen LogP contribution in [-0.2, 0) is 16.6 Å². The fourth-order valence-corrected chi connectivity index (χ4v) is 4.94. The van der Waals surface area contributed by atoms with Gasteiger partial charge in [-0.1, -0.05) is 43.3 Å². The van der Waals surface area contributed by atoms with E-state index in [0.29, 0.717) is 13.1 Å². The third-order valence-corrected chi connectivity index (χ3v) is 7.02. The fourth-order valence-electron chi connectivity index (χ4n) is 2.89. The van der Waals surface area contributed by atoms with Gasteiger partial charge in [0.25, 0.3) is 15.9 Å². The van der Waals surface area contributed by atoms with Crippen molar-refractivity contribution < 1.29 is 18.3 Å². The molecule has 3 rings (SSSR count). The van der Waals surface area contributed by atoms with E-state index < -0.39 is 10.0 Å². The minimum atomic E-state index is -3.72. The molecule has 0 fully saturated rings. The van der Waals surface area contributed by atoms with Crippen molar-refractivity contribution in [2.24, 2.45) is 0 Å². The molecule has 1 amide bonds. The van der Waals surface area contributed by atoms with E-state index in [9.17, 15) is 18.3 Å². The molecule has 0 unspecified atom stereocenters. The van der Waals surface area contributed by atoms with Gasteiger partial charge in [-0.3, -0.25) is 9.52 Å². The molecule has 3 aromatic rings. The Morgan fingerprint density at radius 2 is 1.86 bits per heavy atom. The van der Waals surface area contributed by atoms with Crippen LogP contribution >= 0.6 is 11.3 Å². The van der Waals surface area contributed by atoms with Gasteiger partial charge in [-0.15, -0.1) is 11.3 Å². The molecule has 0 atom stereocenters. The molecule has 2 N–H and O–H groups in total. The first-order valence-electron chi connectivity index (χ1n) is 9.13. The number of benzene rings is 2. The van der Waals surface area contributed by atoms with Crippen molar-refractivity contribution in [3.8, 4) is 5.75 Å². The summed E-state index contributed by atoms with van der Waals surface area (Å²) in [4.78, 5) is 14.6. The van der Waals surface area contributed by atoms with Crippen LogP contribution in [0.3, 0.4) is 0 Å². The van der Waals surface area contributed by atoms with Crippen LogP contribution in [0.15, 0.2) is 70.3 Å². The van der Waals surface area contributed by atoms with E-state index in [0.717, 1.165) is 23.3 Å². The van der Waals surface area contributed by atoms with E-state index in [1.807, 2.05) is 37.3 Å². The lowest BCUT2D eigenvalue weighted by molar-refractivity contribution is 0.0740. The number of nitrogens with zero attached hydrogens (tertiary/aromatic N) is 1. The molecule has 0 bridgehead atoms. The second kappa shape index (κ2) is 9.11. The van der Waals surface area contributed by atoms with Crippen molar-refractivity contribution in [3.63, 3.8) is 0 Å². The molecular weight excluding hydrogens is 408 g/mol. The number of phenolic OH excluding ortho intramolecular Hbond substituents is 1. The molecule has 8 heteroatoms. The molecule has 0 aliphatic carbocycles. The maximum absolute atomic E-state index is 13.0. The number of phenols is 1. The summed E-state index contributed by atoms with van der Waals surface area (Å²) in [5.74, 6) is -0.573. The van der Waals surface area contributed by atoms with Crippen molar-refractivity contribution in [1.29, 1.82) is 0 Å². The average molecular weight is 431 g/mol. The second-order valence-corrected chi connectivity index (χ2v) is 9.34. The predicted molar refractivity (Wildman–Crippen MR) is 115 cm³/mol. The van der Waals surface area contributed by atoms with Gasteiger partial charge in [-0.05, 0) is 35.6 Å².